The summed E-state index contributed by atoms with van der Waals surface area (Å²) in [6.45, 7) is 3.71. The van der Waals surface area contributed by atoms with E-state index in [2.05, 4.69) is 10.6 Å². The van der Waals surface area contributed by atoms with Gasteiger partial charge in [-0.1, -0.05) is 54.6 Å². The molecule has 1 aromatic heterocycles. The van der Waals surface area contributed by atoms with E-state index in [0.29, 0.717) is 31.4 Å². The molecule has 6 nitrogen and oxygen atoms in total. The van der Waals surface area contributed by atoms with Crippen LogP contribution in [-0.2, 0) is 9.59 Å². The zero-order chi connectivity index (χ0) is 29.8. The van der Waals surface area contributed by atoms with Crippen molar-refractivity contribution in [2.24, 2.45) is 17.1 Å². The Kier molecular flexibility index (Phi) is 9.17. The van der Waals surface area contributed by atoms with Gasteiger partial charge in [0, 0.05) is 29.6 Å². The minimum atomic E-state index is -4.62. The lowest BCUT2D eigenvalue weighted by Gasteiger charge is -2.32. The first-order valence-corrected chi connectivity index (χ1v) is 13.9. The Morgan fingerprint density at radius 3 is 2.20 bits per heavy atom. The van der Waals surface area contributed by atoms with Gasteiger partial charge in [-0.15, -0.1) is 0 Å². The first-order valence-electron chi connectivity index (χ1n) is 13.9. The van der Waals surface area contributed by atoms with E-state index in [4.69, 9.17) is 10.7 Å². The lowest BCUT2D eigenvalue weighted by atomic mass is 9.83. The first kappa shape index (κ1) is 30.2. The summed E-state index contributed by atoms with van der Waals surface area (Å²) in [6, 6.07) is 19.3. The van der Waals surface area contributed by atoms with E-state index in [9.17, 15) is 22.8 Å². The quantitative estimate of drug-likeness (QED) is 0.273. The summed E-state index contributed by atoms with van der Waals surface area (Å²) < 4.78 is 39.5. The number of pyridine rings is 1. The summed E-state index contributed by atoms with van der Waals surface area (Å²) in [6.07, 6.45) is -0.317. The first-order chi connectivity index (χ1) is 19.3. The van der Waals surface area contributed by atoms with Gasteiger partial charge in [0.25, 0.3) is 0 Å². The van der Waals surface area contributed by atoms with E-state index >= 15 is 0 Å². The van der Waals surface area contributed by atoms with Crippen LogP contribution in [0.3, 0.4) is 0 Å². The molecule has 1 saturated carbocycles. The molecule has 1 atom stereocenters. The van der Waals surface area contributed by atoms with Gasteiger partial charge in [0.2, 0.25) is 11.8 Å². The number of hydrogen-bond donors (Lipinski definition) is 3. The van der Waals surface area contributed by atoms with Crippen LogP contribution in [0.5, 0.6) is 0 Å². The molecule has 1 aliphatic rings. The van der Waals surface area contributed by atoms with Gasteiger partial charge in [0.15, 0.2) is 0 Å². The van der Waals surface area contributed by atoms with Gasteiger partial charge in [-0.05, 0) is 69.6 Å². The number of nitrogens with two attached hydrogens (primary N) is 1. The van der Waals surface area contributed by atoms with Gasteiger partial charge in [0.1, 0.15) is 5.41 Å². The predicted octanol–water partition coefficient (Wildman–Crippen LogP) is 7.03. The van der Waals surface area contributed by atoms with E-state index < -0.39 is 17.5 Å². The van der Waals surface area contributed by atoms with Crippen molar-refractivity contribution in [3.8, 4) is 22.4 Å². The average Bonchev–Trinajstić information content (AvgIpc) is 2.94. The zero-order valence-corrected chi connectivity index (χ0v) is 23.6. The molecule has 4 N–H and O–H groups in total. The fraction of sp³-hybridized carbons (Fsp3) is 0.406. The molecule has 218 valence electrons. The molecule has 3 aromatic rings. The third-order valence-corrected chi connectivity index (χ3v) is 7.90. The highest BCUT2D eigenvalue weighted by atomic mass is 19.4. The SMILES string of the molecule is C[C@H](N)c1ccc(-c2ncc(NC(=O)CC3CCC(NC(=O)C(C)(C)C(F)(F)F)CC3)cc2-c2ccccc2)cc1. The van der Waals surface area contributed by atoms with Crippen LogP contribution in [0.15, 0.2) is 66.9 Å². The number of aromatic nitrogens is 1. The van der Waals surface area contributed by atoms with Gasteiger partial charge >= 0.3 is 6.18 Å². The lowest BCUT2D eigenvalue weighted by Crippen LogP contribution is -2.50. The van der Waals surface area contributed by atoms with Crippen molar-refractivity contribution >= 4 is 17.5 Å². The predicted molar refractivity (Wildman–Crippen MR) is 155 cm³/mol. The molecule has 2 aromatic carbocycles. The molecule has 2 amide bonds. The second-order valence-electron chi connectivity index (χ2n) is 11.5. The monoisotopic (exact) mass is 566 g/mol. The standard InChI is InChI=1S/C32H37F3N4O2/c1-20(36)22-11-13-24(14-12-22)29-27(23-7-5-4-6-8-23)18-26(19-37-29)38-28(40)17-21-9-15-25(16-10-21)39-30(41)31(2,3)32(33,34)35/h4-8,11-14,18-21,25H,9-10,15-17,36H2,1-3H3,(H,38,40)(H,39,41)/t20-,21?,25?/m0/s1. The molecule has 0 spiro atoms. The van der Waals surface area contributed by atoms with E-state index in [1.807, 2.05) is 67.6 Å². The number of carbonyl (C=O) groups excluding carboxylic acids is 2. The largest absolute Gasteiger partial charge is 0.402 e. The molecule has 0 saturated heterocycles. The molecule has 0 bridgehead atoms. The summed E-state index contributed by atoms with van der Waals surface area (Å²) in [5.41, 5.74) is 8.75. The second kappa shape index (κ2) is 12.4. The van der Waals surface area contributed by atoms with Crippen molar-refractivity contribution in [1.29, 1.82) is 0 Å². The normalized spacial score (nSPS) is 18.4. The molecule has 1 aliphatic carbocycles. The minimum Gasteiger partial charge on any atom is -0.353 e. The van der Waals surface area contributed by atoms with Crippen molar-refractivity contribution in [2.75, 3.05) is 5.32 Å². The van der Waals surface area contributed by atoms with Crippen molar-refractivity contribution in [3.63, 3.8) is 0 Å². The van der Waals surface area contributed by atoms with Crippen LogP contribution in [0.25, 0.3) is 22.4 Å². The molecule has 0 aliphatic heterocycles. The smallest absolute Gasteiger partial charge is 0.353 e. The molecule has 0 unspecified atom stereocenters. The zero-order valence-electron chi connectivity index (χ0n) is 23.6. The number of hydrogen-bond acceptors (Lipinski definition) is 4. The number of alkyl halides is 3. The average molecular weight is 567 g/mol. The Labute approximate surface area is 238 Å². The van der Waals surface area contributed by atoms with E-state index in [1.54, 1.807) is 6.20 Å². The number of halogens is 3. The lowest BCUT2D eigenvalue weighted by molar-refractivity contribution is -0.211. The molecular weight excluding hydrogens is 529 g/mol. The number of carbonyl (C=O) groups is 2. The number of benzene rings is 2. The van der Waals surface area contributed by atoms with Crippen LogP contribution in [-0.4, -0.2) is 29.0 Å². The number of rotatable bonds is 8. The van der Waals surface area contributed by atoms with Gasteiger partial charge in [0.05, 0.1) is 17.6 Å². The van der Waals surface area contributed by atoms with Crippen molar-refractivity contribution < 1.29 is 22.8 Å². The van der Waals surface area contributed by atoms with Crippen molar-refractivity contribution in [3.05, 3.63) is 72.4 Å². The molecule has 41 heavy (non-hydrogen) atoms. The number of anilines is 1. The van der Waals surface area contributed by atoms with E-state index in [1.165, 1.54) is 0 Å². The summed E-state index contributed by atoms with van der Waals surface area (Å²) in [5.74, 6) is -1.07. The Bertz CT molecular complexity index is 1350. The molecule has 0 radical (unpaired) electrons. The summed E-state index contributed by atoms with van der Waals surface area (Å²) >= 11 is 0. The van der Waals surface area contributed by atoms with Crippen molar-refractivity contribution in [2.45, 2.75) is 71.1 Å². The van der Waals surface area contributed by atoms with Crippen LogP contribution >= 0.6 is 0 Å². The van der Waals surface area contributed by atoms with E-state index in [-0.39, 0.29) is 30.3 Å². The fourth-order valence-electron chi connectivity index (χ4n) is 5.03. The maximum Gasteiger partial charge on any atom is 0.402 e. The van der Waals surface area contributed by atoms with Crippen LogP contribution < -0.4 is 16.4 Å². The Hall–Kier alpha value is -3.72. The Morgan fingerprint density at radius 2 is 1.61 bits per heavy atom. The molecule has 1 fully saturated rings. The third-order valence-electron chi connectivity index (χ3n) is 7.90. The van der Waals surface area contributed by atoms with Gasteiger partial charge in [-0.25, -0.2) is 0 Å². The highest BCUT2D eigenvalue weighted by molar-refractivity contribution is 5.93. The molecule has 4 rings (SSSR count). The summed E-state index contributed by atoms with van der Waals surface area (Å²) in [5, 5.41) is 5.52. The highest BCUT2D eigenvalue weighted by Gasteiger charge is 2.53. The van der Waals surface area contributed by atoms with Crippen LogP contribution in [0, 0.1) is 11.3 Å². The Balaban J connectivity index is 1.40. The number of nitrogens with zero attached hydrogens (tertiary/aromatic N) is 1. The topological polar surface area (TPSA) is 97.1 Å². The van der Waals surface area contributed by atoms with Crippen LogP contribution in [0.1, 0.15) is 64.5 Å². The molecular formula is C32H37F3N4O2. The van der Waals surface area contributed by atoms with Crippen LogP contribution in [0.4, 0.5) is 18.9 Å². The maximum atomic E-state index is 13.2. The van der Waals surface area contributed by atoms with Gasteiger partial charge < -0.3 is 16.4 Å². The Morgan fingerprint density at radius 1 is 0.976 bits per heavy atom. The number of amides is 2. The van der Waals surface area contributed by atoms with Gasteiger partial charge in [-0.2, -0.15) is 13.2 Å². The van der Waals surface area contributed by atoms with Gasteiger partial charge in [-0.3, -0.25) is 14.6 Å². The summed E-state index contributed by atoms with van der Waals surface area (Å²) in [7, 11) is 0. The van der Waals surface area contributed by atoms with Crippen molar-refractivity contribution in [1.82, 2.24) is 10.3 Å². The highest BCUT2D eigenvalue weighted by Crippen LogP contribution is 2.38. The summed E-state index contributed by atoms with van der Waals surface area (Å²) in [4.78, 5) is 29.9. The second-order valence-corrected chi connectivity index (χ2v) is 11.5. The third kappa shape index (κ3) is 7.33. The van der Waals surface area contributed by atoms with Crippen LogP contribution in [0.2, 0.25) is 0 Å². The number of nitrogens with one attached hydrogen (secondary N) is 2. The van der Waals surface area contributed by atoms with E-state index in [0.717, 1.165) is 41.8 Å². The minimum absolute atomic E-state index is 0.0708. The molecule has 9 heteroatoms. The fourth-order valence-corrected chi connectivity index (χ4v) is 5.03. The molecule has 1 heterocycles. The maximum absolute atomic E-state index is 13.2.